The van der Waals surface area contributed by atoms with Crippen molar-refractivity contribution < 1.29 is 26.0 Å². The van der Waals surface area contributed by atoms with Gasteiger partial charge in [-0.15, -0.1) is 0 Å². The number of nitrogens with one attached hydrogen (secondary N) is 1. The van der Waals surface area contributed by atoms with Crippen LogP contribution in [0.5, 0.6) is 0 Å². The Hall–Kier alpha value is -2.47. The first-order valence-corrected chi connectivity index (χ1v) is 14.3. The van der Waals surface area contributed by atoms with Gasteiger partial charge in [-0.3, -0.25) is 4.79 Å². The summed E-state index contributed by atoms with van der Waals surface area (Å²) >= 11 is 3.25. The van der Waals surface area contributed by atoms with Crippen LogP contribution in [0.3, 0.4) is 0 Å². The first-order valence-electron chi connectivity index (χ1n) is 10.6. The molecule has 1 saturated heterocycles. The zero-order valence-electron chi connectivity index (χ0n) is 18.3. The van der Waals surface area contributed by atoms with Crippen molar-refractivity contribution in [1.29, 1.82) is 0 Å². The van der Waals surface area contributed by atoms with E-state index in [1.54, 1.807) is 12.1 Å². The largest absolute Gasteiger partial charge is 0.439 e. The SMILES string of the molecule is CC1CCCCN1S(=O)(=O)c1ccc(NC(=O)c2ccc(S(=O)(=O)c3ccc(Br)cc3)o2)cc1. The number of piperidine rings is 1. The fraction of sp³-hybridized carbons (Fsp3) is 0.261. The monoisotopic (exact) mass is 566 g/mol. The molecule has 8 nitrogen and oxygen atoms in total. The second-order valence-electron chi connectivity index (χ2n) is 8.02. The molecule has 34 heavy (non-hydrogen) atoms. The lowest BCUT2D eigenvalue weighted by Gasteiger charge is -2.32. The zero-order chi connectivity index (χ0) is 24.5. The Kier molecular flexibility index (Phi) is 6.99. The molecule has 1 N–H and O–H groups in total. The normalized spacial score (nSPS) is 17.4. The Bertz CT molecular complexity index is 1400. The van der Waals surface area contributed by atoms with Crippen LogP contribution in [0.4, 0.5) is 5.69 Å². The van der Waals surface area contributed by atoms with Gasteiger partial charge in [0, 0.05) is 22.7 Å². The molecule has 2 aromatic carbocycles. The molecule has 1 fully saturated rings. The molecule has 0 aliphatic carbocycles. The number of rotatable bonds is 6. The van der Waals surface area contributed by atoms with Crippen molar-refractivity contribution in [3.05, 3.63) is 70.9 Å². The van der Waals surface area contributed by atoms with E-state index in [0.717, 1.165) is 23.7 Å². The number of anilines is 1. The smallest absolute Gasteiger partial charge is 0.291 e. The lowest BCUT2D eigenvalue weighted by atomic mass is 10.1. The molecular formula is C23H23BrN2O6S2. The van der Waals surface area contributed by atoms with Gasteiger partial charge < -0.3 is 9.73 Å². The molecule has 0 saturated carbocycles. The minimum atomic E-state index is -3.92. The number of carbonyl (C=O) groups is 1. The van der Waals surface area contributed by atoms with E-state index in [9.17, 15) is 21.6 Å². The first kappa shape index (κ1) is 24.6. The maximum Gasteiger partial charge on any atom is 0.291 e. The van der Waals surface area contributed by atoms with Gasteiger partial charge in [-0.25, -0.2) is 16.8 Å². The highest BCUT2D eigenvalue weighted by Crippen LogP contribution is 2.27. The second-order valence-corrected chi connectivity index (χ2v) is 12.7. The van der Waals surface area contributed by atoms with Crippen molar-refractivity contribution in [2.75, 3.05) is 11.9 Å². The number of sulfone groups is 1. The molecule has 0 radical (unpaired) electrons. The second kappa shape index (κ2) is 9.65. The highest BCUT2D eigenvalue weighted by molar-refractivity contribution is 9.10. The summed E-state index contributed by atoms with van der Waals surface area (Å²) in [5, 5.41) is 2.25. The number of furan rings is 1. The number of nitrogens with zero attached hydrogens (tertiary/aromatic N) is 1. The summed E-state index contributed by atoms with van der Waals surface area (Å²) in [5.41, 5.74) is 0.351. The molecule has 2 heterocycles. The maximum atomic E-state index is 12.9. The van der Waals surface area contributed by atoms with Gasteiger partial charge in [0.1, 0.15) is 0 Å². The van der Waals surface area contributed by atoms with Crippen LogP contribution in [0.15, 0.2) is 84.4 Å². The van der Waals surface area contributed by atoms with Gasteiger partial charge in [-0.1, -0.05) is 22.4 Å². The molecule has 1 aromatic heterocycles. The van der Waals surface area contributed by atoms with E-state index >= 15 is 0 Å². The number of hydrogen-bond donors (Lipinski definition) is 1. The summed E-state index contributed by atoms with van der Waals surface area (Å²) < 4.78 is 58.9. The highest BCUT2D eigenvalue weighted by Gasteiger charge is 2.31. The Morgan fingerprint density at radius 3 is 2.24 bits per heavy atom. The van der Waals surface area contributed by atoms with Crippen LogP contribution in [-0.4, -0.2) is 39.6 Å². The fourth-order valence-corrected chi connectivity index (χ4v) is 6.92. The van der Waals surface area contributed by atoms with Crippen molar-refractivity contribution in [1.82, 2.24) is 4.31 Å². The Morgan fingerprint density at radius 2 is 1.59 bits per heavy atom. The quantitative estimate of drug-likeness (QED) is 0.463. The minimum absolute atomic E-state index is 0.0387. The van der Waals surface area contributed by atoms with Crippen molar-refractivity contribution in [3.63, 3.8) is 0 Å². The molecule has 11 heteroatoms. The molecule has 1 aliphatic rings. The molecule has 1 amide bonds. The third-order valence-electron chi connectivity index (χ3n) is 5.65. The number of benzene rings is 2. The van der Waals surface area contributed by atoms with E-state index in [1.807, 2.05) is 6.92 Å². The fourth-order valence-electron chi connectivity index (χ4n) is 3.78. The number of carbonyl (C=O) groups excluding carboxylic acids is 1. The molecule has 1 atom stereocenters. The standard InChI is InChI=1S/C23H23BrN2O6S2/c1-16-4-2-3-15-26(16)34(30,31)20-11-7-18(8-12-20)25-23(27)21-13-14-22(32-21)33(28,29)19-9-5-17(24)6-10-19/h5-14,16H,2-4,15H2,1H3,(H,25,27). The van der Waals surface area contributed by atoms with Crippen molar-refractivity contribution >= 4 is 47.4 Å². The van der Waals surface area contributed by atoms with Crippen LogP contribution < -0.4 is 5.32 Å². The van der Waals surface area contributed by atoms with Gasteiger partial charge in [0.15, 0.2) is 5.76 Å². The number of halogens is 1. The van der Waals surface area contributed by atoms with Crippen LogP contribution in [0, 0.1) is 0 Å². The number of amides is 1. The third kappa shape index (κ3) is 4.97. The molecule has 4 rings (SSSR count). The first-order chi connectivity index (χ1) is 16.1. The Morgan fingerprint density at radius 1 is 0.941 bits per heavy atom. The van der Waals surface area contributed by atoms with E-state index in [-0.39, 0.29) is 26.7 Å². The van der Waals surface area contributed by atoms with E-state index in [1.165, 1.54) is 52.8 Å². The molecular weight excluding hydrogens is 544 g/mol. The van der Waals surface area contributed by atoms with Crippen molar-refractivity contribution in [3.8, 4) is 0 Å². The van der Waals surface area contributed by atoms with Crippen molar-refractivity contribution in [2.45, 2.75) is 47.1 Å². The van der Waals surface area contributed by atoms with Crippen LogP contribution in [-0.2, 0) is 19.9 Å². The predicted octanol–water partition coefficient (Wildman–Crippen LogP) is 4.69. The summed E-state index contributed by atoms with van der Waals surface area (Å²) in [4.78, 5) is 12.8. The highest BCUT2D eigenvalue weighted by atomic mass is 79.9. The summed E-state index contributed by atoms with van der Waals surface area (Å²) in [6, 6.07) is 14.4. The van der Waals surface area contributed by atoms with Gasteiger partial charge in [-0.2, -0.15) is 4.31 Å². The van der Waals surface area contributed by atoms with Crippen LogP contribution in [0.1, 0.15) is 36.7 Å². The average Bonchev–Trinajstić information content (AvgIpc) is 3.31. The van der Waals surface area contributed by atoms with Gasteiger partial charge in [0.2, 0.25) is 25.0 Å². The van der Waals surface area contributed by atoms with Crippen LogP contribution in [0.2, 0.25) is 0 Å². The number of sulfonamides is 1. The molecule has 1 unspecified atom stereocenters. The minimum Gasteiger partial charge on any atom is -0.439 e. The van der Waals surface area contributed by atoms with E-state index in [0.29, 0.717) is 12.2 Å². The predicted molar refractivity (Wildman–Crippen MR) is 130 cm³/mol. The van der Waals surface area contributed by atoms with Crippen LogP contribution >= 0.6 is 15.9 Å². The van der Waals surface area contributed by atoms with E-state index in [2.05, 4.69) is 21.2 Å². The Labute approximate surface area is 207 Å². The van der Waals surface area contributed by atoms with E-state index < -0.39 is 25.8 Å². The maximum absolute atomic E-state index is 12.9. The molecule has 180 valence electrons. The summed E-state index contributed by atoms with van der Waals surface area (Å²) in [5.74, 6) is -0.841. The summed E-state index contributed by atoms with van der Waals surface area (Å²) in [6.07, 6.45) is 2.67. The third-order valence-corrected chi connectivity index (χ3v) is 9.85. The summed E-state index contributed by atoms with van der Waals surface area (Å²) in [6.45, 7) is 2.39. The van der Waals surface area contributed by atoms with Gasteiger partial charge in [0.25, 0.3) is 5.91 Å². The zero-order valence-corrected chi connectivity index (χ0v) is 21.5. The van der Waals surface area contributed by atoms with Crippen LogP contribution in [0.25, 0.3) is 0 Å². The van der Waals surface area contributed by atoms with Gasteiger partial charge >= 0.3 is 0 Å². The number of hydrogen-bond acceptors (Lipinski definition) is 6. The van der Waals surface area contributed by atoms with Gasteiger partial charge in [-0.05, 0) is 80.4 Å². The topological polar surface area (TPSA) is 114 Å². The molecule has 0 spiro atoms. The lowest BCUT2D eigenvalue weighted by Crippen LogP contribution is -2.41. The lowest BCUT2D eigenvalue weighted by molar-refractivity contribution is 0.0991. The van der Waals surface area contributed by atoms with E-state index in [4.69, 9.17) is 4.42 Å². The molecule has 3 aromatic rings. The Balaban J connectivity index is 1.47. The average molecular weight is 567 g/mol. The molecule has 0 bridgehead atoms. The molecule has 1 aliphatic heterocycles. The van der Waals surface area contributed by atoms with Crippen molar-refractivity contribution in [2.24, 2.45) is 0 Å². The summed E-state index contributed by atoms with van der Waals surface area (Å²) in [7, 11) is -7.54. The van der Waals surface area contributed by atoms with Gasteiger partial charge in [0.05, 0.1) is 9.79 Å².